The van der Waals surface area contributed by atoms with Crippen LogP contribution in [0.25, 0.3) is 0 Å². The molecule has 2 rings (SSSR count). The number of hydrogen-bond donors (Lipinski definition) is 0. The standard InChI is InChI=1S/C17H17BrCl2FNO2S/c1-12(3-2-10-18)22(17-11-14(20)6-9-16(17)21)25(23,24)15-7-4-13(19)5-8-15/h4-9,11-12H,2-3,10H2,1H3/t12-/m1/s1. The average Bonchev–Trinajstić information content (AvgIpc) is 2.56. The zero-order valence-electron chi connectivity index (χ0n) is 13.4. The molecule has 0 saturated heterocycles. The second-order valence-electron chi connectivity index (χ2n) is 5.53. The summed E-state index contributed by atoms with van der Waals surface area (Å²) in [5.74, 6) is -0.646. The van der Waals surface area contributed by atoms with Gasteiger partial charge in [-0.2, -0.15) is 0 Å². The number of hydrogen-bond acceptors (Lipinski definition) is 2. The first-order valence-corrected chi connectivity index (χ1v) is 10.9. The molecule has 8 heteroatoms. The third-order valence-corrected chi connectivity index (χ3v) is 6.66. The number of anilines is 1. The van der Waals surface area contributed by atoms with Crippen LogP contribution in [-0.4, -0.2) is 19.8 Å². The van der Waals surface area contributed by atoms with E-state index in [0.717, 1.165) is 16.1 Å². The Morgan fingerprint density at radius 3 is 2.32 bits per heavy atom. The van der Waals surface area contributed by atoms with Gasteiger partial charge in [0.15, 0.2) is 0 Å². The number of rotatable bonds is 7. The molecule has 2 aromatic carbocycles. The maximum atomic E-state index is 14.4. The minimum Gasteiger partial charge on any atom is -0.261 e. The molecule has 0 aliphatic carbocycles. The van der Waals surface area contributed by atoms with Gasteiger partial charge in [0.2, 0.25) is 0 Å². The molecular formula is C17H17BrCl2FNO2S. The molecule has 0 unspecified atom stereocenters. The Morgan fingerprint density at radius 2 is 1.72 bits per heavy atom. The minimum atomic E-state index is -3.98. The van der Waals surface area contributed by atoms with Crippen LogP contribution in [0.3, 0.4) is 0 Å². The molecule has 2 aromatic rings. The van der Waals surface area contributed by atoms with Gasteiger partial charge in [-0.1, -0.05) is 39.1 Å². The molecule has 3 nitrogen and oxygen atoms in total. The summed E-state index contributed by atoms with van der Waals surface area (Å²) in [5.41, 5.74) is -0.0653. The van der Waals surface area contributed by atoms with Crippen molar-refractivity contribution >= 4 is 54.8 Å². The van der Waals surface area contributed by atoms with Gasteiger partial charge in [0.25, 0.3) is 10.0 Å². The number of nitrogens with zero attached hydrogens (tertiary/aromatic N) is 1. The first-order chi connectivity index (χ1) is 11.8. The summed E-state index contributed by atoms with van der Waals surface area (Å²) in [4.78, 5) is 0.0435. The molecular weight excluding hydrogens is 452 g/mol. The second kappa shape index (κ2) is 8.71. The van der Waals surface area contributed by atoms with Crippen molar-refractivity contribution in [2.45, 2.75) is 30.7 Å². The summed E-state index contributed by atoms with van der Waals surface area (Å²) in [6.07, 6.45) is 1.31. The normalized spacial score (nSPS) is 12.8. The predicted octanol–water partition coefficient (Wildman–Crippen LogP) is 5.89. The monoisotopic (exact) mass is 467 g/mol. The van der Waals surface area contributed by atoms with Crippen LogP contribution in [0.15, 0.2) is 47.4 Å². The van der Waals surface area contributed by atoms with Gasteiger partial charge in [0.1, 0.15) is 5.82 Å². The highest BCUT2D eigenvalue weighted by atomic mass is 79.9. The van der Waals surface area contributed by atoms with Crippen molar-refractivity contribution in [2.24, 2.45) is 0 Å². The van der Waals surface area contributed by atoms with E-state index in [-0.39, 0.29) is 15.6 Å². The summed E-state index contributed by atoms with van der Waals surface area (Å²) in [6, 6.07) is 9.22. The zero-order valence-corrected chi connectivity index (χ0v) is 17.3. The number of halogens is 4. The van der Waals surface area contributed by atoms with Gasteiger partial charge in [0.05, 0.1) is 10.6 Å². The van der Waals surface area contributed by atoms with Gasteiger partial charge >= 0.3 is 0 Å². The van der Waals surface area contributed by atoms with Crippen LogP contribution in [0, 0.1) is 5.82 Å². The average molecular weight is 469 g/mol. The van der Waals surface area contributed by atoms with E-state index in [1.54, 1.807) is 6.92 Å². The quantitative estimate of drug-likeness (QED) is 0.475. The maximum absolute atomic E-state index is 14.4. The van der Waals surface area contributed by atoms with E-state index in [9.17, 15) is 12.8 Å². The van der Waals surface area contributed by atoms with Gasteiger partial charge in [-0.3, -0.25) is 4.31 Å². The molecule has 0 radical (unpaired) electrons. The van der Waals surface area contributed by atoms with Crippen molar-refractivity contribution in [3.63, 3.8) is 0 Å². The first kappa shape index (κ1) is 20.5. The van der Waals surface area contributed by atoms with Crippen molar-refractivity contribution in [1.82, 2.24) is 0 Å². The Labute approximate surface area is 165 Å². The third kappa shape index (κ3) is 4.88. The molecule has 0 heterocycles. The number of sulfonamides is 1. The van der Waals surface area contributed by atoms with Gasteiger partial charge < -0.3 is 0 Å². The lowest BCUT2D eigenvalue weighted by atomic mass is 10.2. The topological polar surface area (TPSA) is 37.4 Å². The van der Waals surface area contributed by atoms with Crippen LogP contribution >= 0.6 is 39.1 Å². The van der Waals surface area contributed by atoms with Crippen LogP contribution in [0.4, 0.5) is 10.1 Å². The molecule has 25 heavy (non-hydrogen) atoms. The molecule has 0 aliphatic rings. The summed E-state index contributed by atoms with van der Waals surface area (Å²) in [7, 11) is -3.98. The lowest BCUT2D eigenvalue weighted by Gasteiger charge is -2.31. The molecule has 0 spiro atoms. The van der Waals surface area contributed by atoms with E-state index in [0.29, 0.717) is 11.4 Å². The van der Waals surface area contributed by atoms with Gasteiger partial charge in [-0.25, -0.2) is 12.8 Å². The van der Waals surface area contributed by atoms with Gasteiger partial charge in [-0.15, -0.1) is 0 Å². The third-order valence-electron chi connectivity index (χ3n) is 3.67. The SMILES string of the molecule is C[C@H](CCCBr)N(c1cc(Cl)ccc1F)S(=O)(=O)c1ccc(Cl)cc1. The smallest absolute Gasteiger partial charge is 0.261 e. The summed E-state index contributed by atoms with van der Waals surface area (Å²) in [6.45, 7) is 1.75. The Kier molecular flexibility index (Phi) is 7.14. The molecule has 0 saturated carbocycles. The lowest BCUT2D eigenvalue weighted by molar-refractivity contribution is 0.561. The minimum absolute atomic E-state index is 0.0435. The molecule has 0 bridgehead atoms. The molecule has 1 atom stereocenters. The van der Waals surface area contributed by atoms with E-state index in [1.807, 2.05) is 0 Å². The fourth-order valence-electron chi connectivity index (χ4n) is 2.47. The van der Waals surface area contributed by atoms with E-state index >= 15 is 0 Å². The Hall–Kier alpha value is -0.820. The van der Waals surface area contributed by atoms with E-state index in [1.165, 1.54) is 42.5 Å². The highest BCUT2D eigenvalue weighted by Gasteiger charge is 2.31. The largest absolute Gasteiger partial charge is 0.264 e. The summed E-state index contributed by atoms with van der Waals surface area (Å²) in [5, 5.41) is 1.41. The highest BCUT2D eigenvalue weighted by Crippen LogP contribution is 2.32. The molecule has 0 N–H and O–H groups in total. The van der Waals surface area contributed by atoms with Gasteiger partial charge in [0, 0.05) is 21.4 Å². The zero-order chi connectivity index (χ0) is 18.6. The lowest BCUT2D eigenvalue weighted by Crippen LogP contribution is -2.39. The second-order valence-corrected chi connectivity index (χ2v) is 9.01. The molecule has 0 fully saturated rings. The van der Waals surface area contributed by atoms with Crippen molar-refractivity contribution in [3.05, 3.63) is 58.3 Å². The van der Waals surface area contributed by atoms with E-state index < -0.39 is 21.9 Å². The Bertz CT molecular complexity index is 831. The van der Waals surface area contributed by atoms with Crippen molar-refractivity contribution in [3.8, 4) is 0 Å². The maximum Gasteiger partial charge on any atom is 0.264 e. The van der Waals surface area contributed by atoms with Crippen molar-refractivity contribution in [1.29, 1.82) is 0 Å². The predicted molar refractivity (Wildman–Crippen MR) is 105 cm³/mol. The van der Waals surface area contributed by atoms with E-state index in [2.05, 4.69) is 15.9 Å². The van der Waals surface area contributed by atoms with Crippen LogP contribution in [0.2, 0.25) is 10.0 Å². The number of alkyl halides is 1. The Morgan fingerprint density at radius 1 is 1.12 bits per heavy atom. The van der Waals surface area contributed by atoms with Crippen LogP contribution < -0.4 is 4.31 Å². The fourth-order valence-corrected chi connectivity index (χ4v) is 4.77. The highest BCUT2D eigenvalue weighted by molar-refractivity contribution is 9.09. The van der Waals surface area contributed by atoms with Crippen molar-refractivity contribution in [2.75, 3.05) is 9.64 Å². The van der Waals surface area contributed by atoms with Crippen LogP contribution in [0.5, 0.6) is 0 Å². The van der Waals surface area contributed by atoms with Crippen molar-refractivity contribution < 1.29 is 12.8 Å². The summed E-state index contributed by atoms with van der Waals surface area (Å²) < 4.78 is 41.9. The van der Waals surface area contributed by atoms with Crippen LogP contribution in [-0.2, 0) is 10.0 Å². The fraction of sp³-hybridized carbons (Fsp3) is 0.294. The molecule has 0 amide bonds. The van der Waals surface area contributed by atoms with E-state index in [4.69, 9.17) is 23.2 Å². The van der Waals surface area contributed by atoms with Crippen LogP contribution in [0.1, 0.15) is 19.8 Å². The molecule has 136 valence electrons. The first-order valence-electron chi connectivity index (χ1n) is 7.58. The summed E-state index contributed by atoms with van der Waals surface area (Å²) >= 11 is 15.2. The Balaban J connectivity index is 2.57. The molecule has 0 aromatic heterocycles. The number of benzene rings is 2. The van der Waals surface area contributed by atoms with Gasteiger partial charge in [-0.05, 0) is 62.2 Å². The molecule has 0 aliphatic heterocycles.